The molecular weight excluding hydrogens is 346 g/mol. The van der Waals surface area contributed by atoms with Crippen LogP contribution < -0.4 is 9.64 Å². The van der Waals surface area contributed by atoms with E-state index >= 15 is 0 Å². The maximum absolute atomic E-state index is 12.4. The Labute approximate surface area is 159 Å². The van der Waals surface area contributed by atoms with Crippen LogP contribution in [0.15, 0.2) is 6.07 Å². The van der Waals surface area contributed by atoms with Crippen molar-refractivity contribution in [2.45, 2.75) is 58.7 Å². The minimum atomic E-state index is -0.590. The highest BCUT2D eigenvalue weighted by atomic mass is 16.6. The Morgan fingerprint density at radius 1 is 1.26 bits per heavy atom. The number of carbonyl (C=O) groups is 2. The summed E-state index contributed by atoms with van der Waals surface area (Å²) in [6.07, 6.45) is 1.86. The van der Waals surface area contributed by atoms with E-state index in [-0.39, 0.29) is 12.5 Å². The molecular formula is C20H25N3O4. The summed E-state index contributed by atoms with van der Waals surface area (Å²) in [6, 6.07) is 4.08. The third kappa shape index (κ3) is 3.70. The van der Waals surface area contributed by atoms with Crippen LogP contribution in [-0.2, 0) is 22.6 Å². The van der Waals surface area contributed by atoms with Crippen LogP contribution in [0.25, 0.3) is 0 Å². The lowest BCUT2D eigenvalue weighted by Crippen LogP contribution is -2.35. The van der Waals surface area contributed by atoms with Crippen molar-refractivity contribution in [3.63, 3.8) is 0 Å². The SMILES string of the molecule is COc1c(N2CCCCC2=O)cc2c(c1C#N)CN(C(=O)OC(C)(C)C)C2. The average molecular weight is 371 g/mol. The molecule has 0 atom stereocenters. The summed E-state index contributed by atoms with van der Waals surface area (Å²) in [5.41, 5.74) is 2.02. The van der Waals surface area contributed by atoms with Gasteiger partial charge in [-0.25, -0.2) is 4.79 Å². The van der Waals surface area contributed by atoms with Gasteiger partial charge in [-0.2, -0.15) is 5.26 Å². The smallest absolute Gasteiger partial charge is 0.410 e. The van der Waals surface area contributed by atoms with E-state index in [0.717, 1.165) is 24.0 Å². The molecule has 1 saturated heterocycles. The Morgan fingerprint density at radius 3 is 2.59 bits per heavy atom. The Hall–Kier alpha value is -2.75. The van der Waals surface area contributed by atoms with Gasteiger partial charge in [0.25, 0.3) is 0 Å². The van der Waals surface area contributed by atoms with Gasteiger partial charge in [-0.3, -0.25) is 9.69 Å². The minimum Gasteiger partial charge on any atom is -0.493 e. The lowest BCUT2D eigenvalue weighted by atomic mass is 9.99. The number of piperidine rings is 1. The molecule has 2 aliphatic rings. The Balaban J connectivity index is 1.98. The van der Waals surface area contributed by atoms with Crippen LogP contribution in [0.2, 0.25) is 0 Å². The predicted molar refractivity (Wildman–Crippen MR) is 99.4 cm³/mol. The van der Waals surface area contributed by atoms with Gasteiger partial charge in [0.1, 0.15) is 17.2 Å². The van der Waals surface area contributed by atoms with Gasteiger partial charge in [-0.15, -0.1) is 0 Å². The molecule has 3 rings (SSSR count). The van der Waals surface area contributed by atoms with E-state index in [2.05, 4.69) is 6.07 Å². The van der Waals surface area contributed by atoms with Crippen molar-refractivity contribution >= 4 is 17.7 Å². The van der Waals surface area contributed by atoms with Gasteiger partial charge in [0.05, 0.1) is 19.3 Å². The summed E-state index contributed by atoms with van der Waals surface area (Å²) in [6.45, 7) is 6.69. The van der Waals surface area contributed by atoms with E-state index in [1.165, 1.54) is 7.11 Å². The molecule has 0 unspecified atom stereocenters. The number of nitriles is 1. The van der Waals surface area contributed by atoms with Crippen LogP contribution >= 0.6 is 0 Å². The van der Waals surface area contributed by atoms with E-state index in [4.69, 9.17) is 9.47 Å². The quantitative estimate of drug-likeness (QED) is 0.796. The zero-order valence-electron chi connectivity index (χ0n) is 16.3. The molecule has 2 aliphatic heterocycles. The summed E-state index contributed by atoms with van der Waals surface area (Å²) < 4.78 is 11.0. The fraction of sp³-hybridized carbons (Fsp3) is 0.550. The van der Waals surface area contributed by atoms with Gasteiger partial charge in [0, 0.05) is 19.5 Å². The maximum atomic E-state index is 12.4. The van der Waals surface area contributed by atoms with Gasteiger partial charge in [0.2, 0.25) is 5.91 Å². The molecule has 1 aromatic rings. The molecule has 0 aliphatic carbocycles. The molecule has 2 amide bonds. The summed E-state index contributed by atoms with van der Waals surface area (Å²) in [5.74, 6) is 0.433. The molecule has 7 heteroatoms. The molecule has 0 spiro atoms. The summed E-state index contributed by atoms with van der Waals surface area (Å²) >= 11 is 0. The summed E-state index contributed by atoms with van der Waals surface area (Å²) in [4.78, 5) is 28.1. The van der Waals surface area contributed by atoms with Crippen molar-refractivity contribution in [3.8, 4) is 11.8 Å². The van der Waals surface area contributed by atoms with Crippen LogP contribution in [0, 0.1) is 11.3 Å². The van der Waals surface area contributed by atoms with E-state index in [9.17, 15) is 14.9 Å². The normalized spacial score (nSPS) is 16.8. The Bertz CT molecular complexity index is 820. The molecule has 0 bridgehead atoms. The first-order valence-corrected chi connectivity index (χ1v) is 9.16. The topological polar surface area (TPSA) is 82.9 Å². The number of hydrogen-bond acceptors (Lipinski definition) is 5. The monoisotopic (exact) mass is 371 g/mol. The summed E-state index contributed by atoms with van der Waals surface area (Å²) in [5, 5.41) is 9.75. The van der Waals surface area contributed by atoms with Crippen molar-refractivity contribution in [2.75, 3.05) is 18.6 Å². The molecule has 0 radical (unpaired) electrons. The molecule has 0 N–H and O–H groups in total. The maximum Gasteiger partial charge on any atom is 0.410 e. The van der Waals surface area contributed by atoms with Crippen LogP contribution in [0.4, 0.5) is 10.5 Å². The fourth-order valence-corrected chi connectivity index (χ4v) is 3.56. The molecule has 1 fully saturated rings. The van der Waals surface area contributed by atoms with Gasteiger partial charge < -0.3 is 14.4 Å². The van der Waals surface area contributed by atoms with Crippen molar-refractivity contribution in [2.24, 2.45) is 0 Å². The first-order chi connectivity index (χ1) is 12.7. The molecule has 27 heavy (non-hydrogen) atoms. The number of rotatable bonds is 2. The molecule has 1 aromatic carbocycles. The number of methoxy groups -OCH3 is 1. The number of anilines is 1. The molecule has 0 aromatic heterocycles. The highest BCUT2D eigenvalue weighted by molar-refractivity contribution is 5.96. The largest absolute Gasteiger partial charge is 0.493 e. The highest BCUT2D eigenvalue weighted by Crippen LogP contribution is 2.41. The minimum absolute atomic E-state index is 0.0328. The van der Waals surface area contributed by atoms with Gasteiger partial charge >= 0.3 is 6.09 Å². The van der Waals surface area contributed by atoms with Gasteiger partial charge in [-0.05, 0) is 50.8 Å². The van der Waals surface area contributed by atoms with E-state index in [0.29, 0.717) is 36.5 Å². The number of amides is 2. The van der Waals surface area contributed by atoms with E-state index in [1.807, 2.05) is 26.8 Å². The molecule has 0 saturated carbocycles. The Morgan fingerprint density at radius 2 is 2.00 bits per heavy atom. The van der Waals surface area contributed by atoms with Crippen LogP contribution in [0.3, 0.4) is 0 Å². The van der Waals surface area contributed by atoms with Gasteiger partial charge in [-0.1, -0.05) is 0 Å². The number of fused-ring (bicyclic) bond motifs is 1. The van der Waals surface area contributed by atoms with Crippen molar-refractivity contribution in [1.29, 1.82) is 5.26 Å². The lowest BCUT2D eigenvalue weighted by molar-refractivity contribution is -0.119. The van der Waals surface area contributed by atoms with Crippen LogP contribution in [-0.4, -0.2) is 36.2 Å². The van der Waals surface area contributed by atoms with Crippen molar-refractivity contribution in [3.05, 3.63) is 22.8 Å². The zero-order valence-corrected chi connectivity index (χ0v) is 16.3. The number of nitrogens with zero attached hydrogens (tertiary/aromatic N) is 3. The number of benzene rings is 1. The number of ether oxygens (including phenoxy) is 2. The molecule has 2 heterocycles. The molecule has 144 valence electrons. The third-order valence-electron chi connectivity index (χ3n) is 4.75. The lowest BCUT2D eigenvalue weighted by Gasteiger charge is -2.29. The molecule has 7 nitrogen and oxygen atoms in total. The second-order valence-electron chi connectivity index (χ2n) is 7.89. The second-order valence-corrected chi connectivity index (χ2v) is 7.89. The van der Waals surface area contributed by atoms with Crippen molar-refractivity contribution in [1.82, 2.24) is 4.90 Å². The number of hydrogen-bond donors (Lipinski definition) is 0. The third-order valence-corrected chi connectivity index (χ3v) is 4.75. The highest BCUT2D eigenvalue weighted by Gasteiger charge is 2.34. The second kappa shape index (κ2) is 7.10. The van der Waals surface area contributed by atoms with E-state index < -0.39 is 11.7 Å². The number of carbonyl (C=O) groups excluding carboxylic acids is 2. The van der Waals surface area contributed by atoms with E-state index in [1.54, 1.807) is 9.80 Å². The Kier molecular flexibility index (Phi) is 5.01. The first-order valence-electron chi connectivity index (χ1n) is 9.16. The average Bonchev–Trinajstić information content (AvgIpc) is 3.03. The van der Waals surface area contributed by atoms with Gasteiger partial charge in [0.15, 0.2) is 5.75 Å². The fourth-order valence-electron chi connectivity index (χ4n) is 3.56. The zero-order chi connectivity index (χ0) is 19.8. The summed E-state index contributed by atoms with van der Waals surface area (Å²) in [7, 11) is 1.50. The van der Waals surface area contributed by atoms with Crippen molar-refractivity contribution < 1.29 is 19.1 Å². The van der Waals surface area contributed by atoms with Crippen LogP contribution in [0.1, 0.15) is 56.7 Å². The predicted octanol–water partition coefficient (Wildman–Crippen LogP) is 3.33. The standard InChI is InChI=1S/C20H25N3O4/c1-20(2,3)27-19(25)22-11-13-9-16(23-8-6-5-7-17(23)24)18(26-4)14(10-21)15(13)12-22/h9H,5-8,11-12H2,1-4H3. The first kappa shape index (κ1) is 19.0. The van der Waals surface area contributed by atoms with Crippen LogP contribution in [0.5, 0.6) is 5.75 Å².